The van der Waals surface area contributed by atoms with E-state index in [1.807, 2.05) is 30.3 Å². The third kappa shape index (κ3) is 5.08. The minimum Gasteiger partial charge on any atom is -0.410 e. The molecule has 0 aliphatic heterocycles. The van der Waals surface area contributed by atoms with Crippen LogP contribution < -0.4 is 0 Å². The monoisotopic (exact) mass is 299 g/mol. The average molecular weight is 299 g/mol. The number of nitrogens with zero attached hydrogens (tertiary/aromatic N) is 1. The van der Waals surface area contributed by atoms with Crippen LogP contribution in [0, 0.1) is 0 Å². The summed E-state index contributed by atoms with van der Waals surface area (Å²) in [4.78, 5) is 0. The Hall–Kier alpha value is -1.16. The van der Waals surface area contributed by atoms with Gasteiger partial charge in [-0.1, -0.05) is 35.5 Å². The zero-order valence-corrected chi connectivity index (χ0v) is 13.2. The Labute approximate surface area is 120 Å². The number of oxime groups is 1. The highest BCUT2D eigenvalue weighted by atomic mass is 31.2. The molecule has 0 saturated carbocycles. The molecule has 6 heteroatoms. The highest BCUT2D eigenvalue weighted by molar-refractivity contribution is 7.72. The summed E-state index contributed by atoms with van der Waals surface area (Å²) >= 11 is 0. The molecule has 0 fully saturated rings. The maximum atomic E-state index is 12.8. The maximum Gasteiger partial charge on any atom is 0.379 e. The fourth-order valence-electron chi connectivity index (χ4n) is 1.67. The van der Waals surface area contributed by atoms with Crippen molar-refractivity contribution in [3.05, 3.63) is 35.9 Å². The van der Waals surface area contributed by atoms with Crippen molar-refractivity contribution >= 4 is 13.0 Å². The first-order valence-corrected chi connectivity index (χ1v) is 8.14. The van der Waals surface area contributed by atoms with Crippen molar-refractivity contribution in [3.8, 4) is 0 Å². The normalized spacial score (nSPS) is 13.2. The van der Waals surface area contributed by atoms with Gasteiger partial charge in [-0.2, -0.15) is 0 Å². The van der Waals surface area contributed by atoms with Crippen LogP contribution in [0.5, 0.6) is 0 Å². The molecule has 0 atom stereocenters. The van der Waals surface area contributed by atoms with Crippen LogP contribution in [0.4, 0.5) is 0 Å². The molecule has 0 unspecified atom stereocenters. The highest BCUT2D eigenvalue weighted by Gasteiger charge is 2.35. The van der Waals surface area contributed by atoms with E-state index < -0.39 is 7.60 Å². The zero-order chi connectivity index (χ0) is 15.2. The lowest BCUT2D eigenvalue weighted by atomic mass is 10.2. The van der Waals surface area contributed by atoms with Crippen molar-refractivity contribution in [2.24, 2.45) is 5.16 Å². The van der Waals surface area contributed by atoms with Gasteiger partial charge in [0.1, 0.15) is 0 Å². The van der Waals surface area contributed by atoms with Crippen LogP contribution in [-0.2, 0) is 20.0 Å². The molecule has 0 aliphatic rings. The Morgan fingerprint density at radius 1 is 1.15 bits per heavy atom. The Balaban J connectivity index is 3.00. The molecule has 5 nitrogen and oxygen atoms in total. The minimum atomic E-state index is -3.61. The molecule has 0 bridgehead atoms. The van der Waals surface area contributed by atoms with Gasteiger partial charge in [0.2, 0.25) is 0 Å². The molecule has 0 heterocycles. The van der Waals surface area contributed by atoms with E-state index >= 15 is 0 Å². The van der Waals surface area contributed by atoms with Gasteiger partial charge in [0.25, 0.3) is 0 Å². The molecule has 0 aromatic heterocycles. The quantitative estimate of drug-likeness (QED) is 0.357. The second kappa shape index (κ2) is 7.58. The van der Waals surface area contributed by atoms with Crippen LogP contribution in [0.25, 0.3) is 0 Å². The molecular weight excluding hydrogens is 277 g/mol. The summed E-state index contributed by atoms with van der Waals surface area (Å²) in [5.74, 6) is 0. The van der Waals surface area contributed by atoms with Crippen molar-refractivity contribution in [3.63, 3.8) is 0 Å². The van der Waals surface area contributed by atoms with Crippen molar-refractivity contribution in [2.75, 3.05) is 0 Å². The SMILES string of the molecule is CC(C)OP(=O)(OC(C)C)/C(Cc1ccccc1)=N/O. The summed E-state index contributed by atoms with van der Waals surface area (Å²) in [5, 5.41) is 12.4. The molecule has 1 aromatic rings. The van der Waals surface area contributed by atoms with E-state index in [2.05, 4.69) is 5.16 Å². The van der Waals surface area contributed by atoms with E-state index in [9.17, 15) is 9.77 Å². The summed E-state index contributed by atoms with van der Waals surface area (Å²) in [5.41, 5.74) is 0.895. The molecule has 0 aliphatic carbocycles. The molecule has 0 radical (unpaired) electrons. The number of hydrogen-bond acceptors (Lipinski definition) is 5. The lowest BCUT2D eigenvalue weighted by molar-refractivity contribution is 0.151. The zero-order valence-electron chi connectivity index (χ0n) is 12.3. The van der Waals surface area contributed by atoms with Gasteiger partial charge in [-0.25, -0.2) is 0 Å². The molecule has 0 amide bonds. The summed E-state index contributed by atoms with van der Waals surface area (Å²) in [6.07, 6.45) is -0.382. The van der Waals surface area contributed by atoms with Gasteiger partial charge in [-0.3, -0.25) is 4.57 Å². The first kappa shape index (κ1) is 16.9. The molecule has 1 rings (SSSR count). The Morgan fingerprint density at radius 2 is 1.65 bits per heavy atom. The van der Waals surface area contributed by atoms with E-state index in [0.717, 1.165) is 5.56 Å². The average Bonchev–Trinajstić information content (AvgIpc) is 2.35. The van der Waals surface area contributed by atoms with E-state index in [1.54, 1.807) is 27.7 Å². The second-order valence-electron chi connectivity index (χ2n) is 4.98. The maximum absolute atomic E-state index is 12.8. The van der Waals surface area contributed by atoms with Gasteiger partial charge in [-0.05, 0) is 33.3 Å². The number of hydrogen-bond donors (Lipinski definition) is 1. The molecule has 112 valence electrons. The molecule has 0 saturated heterocycles. The Kier molecular flexibility index (Phi) is 6.40. The van der Waals surface area contributed by atoms with E-state index in [0.29, 0.717) is 0 Å². The number of rotatable bonds is 7. The van der Waals surface area contributed by atoms with Gasteiger partial charge in [0.05, 0.1) is 12.2 Å². The fourth-order valence-corrected chi connectivity index (χ4v) is 3.56. The van der Waals surface area contributed by atoms with Crippen molar-refractivity contribution in [1.82, 2.24) is 0 Å². The predicted octanol–water partition coefficient (Wildman–Crippen LogP) is 4.06. The fraction of sp³-hybridized carbons (Fsp3) is 0.500. The van der Waals surface area contributed by atoms with Crippen molar-refractivity contribution in [1.29, 1.82) is 0 Å². The van der Waals surface area contributed by atoms with Gasteiger partial charge in [0.15, 0.2) is 5.45 Å². The van der Waals surface area contributed by atoms with Crippen LogP contribution in [-0.4, -0.2) is 22.9 Å². The molecule has 1 N–H and O–H groups in total. The molecule has 0 spiro atoms. The topological polar surface area (TPSA) is 68.1 Å². The largest absolute Gasteiger partial charge is 0.410 e. The first-order valence-electron chi connectivity index (χ1n) is 6.59. The molecule has 20 heavy (non-hydrogen) atoms. The van der Waals surface area contributed by atoms with E-state index in [4.69, 9.17) is 9.05 Å². The summed E-state index contributed by atoms with van der Waals surface area (Å²) in [7, 11) is -3.61. The minimum absolute atomic E-state index is 0.0195. The van der Waals surface area contributed by atoms with Gasteiger partial charge in [-0.15, -0.1) is 0 Å². The smallest absolute Gasteiger partial charge is 0.379 e. The summed E-state index contributed by atoms with van der Waals surface area (Å²) < 4.78 is 23.7. The van der Waals surface area contributed by atoms with Crippen LogP contribution in [0.15, 0.2) is 35.5 Å². The second-order valence-corrected chi connectivity index (χ2v) is 6.92. The summed E-state index contributed by atoms with van der Waals surface area (Å²) in [6.45, 7) is 7.03. The van der Waals surface area contributed by atoms with Gasteiger partial charge >= 0.3 is 7.60 Å². The molecule has 1 aromatic carbocycles. The van der Waals surface area contributed by atoms with E-state index in [-0.39, 0.29) is 24.1 Å². The van der Waals surface area contributed by atoms with Crippen LogP contribution >= 0.6 is 7.60 Å². The van der Waals surface area contributed by atoms with Crippen molar-refractivity contribution < 1.29 is 18.8 Å². The van der Waals surface area contributed by atoms with Crippen LogP contribution in [0.2, 0.25) is 0 Å². The van der Waals surface area contributed by atoms with Crippen LogP contribution in [0.1, 0.15) is 33.3 Å². The predicted molar refractivity (Wildman–Crippen MR) is 79.4 cm³/mol. The summed E-state index contributed by atoms with van der Waals surface area (Å²) in [6, 6.07) is 9.33. The highest BCUT2D eigenvalue weighted by Crippen LogP contribution is 2.52. The van der Waals surface area contributed by atoms with Crippen molar-refractivity contribution in [2.45, 2.75) is 46.3 Å². The molecular formula is C14H22NO4P. The van der Waals surface area contributed by atoms with Gasteiger partial charge in [0, 0.05) is 6.42 Å². The standard InChI is InChI=1S/C14H22NO4P/c1-11(2)18-20(17,19-12(3)4)14(15-16)10-13-8-6-5-7-9-13/h5-9,11-12,16H,10H2,1-4H3/b15-14+. The Morgan fingerprint density at radius 3 is 2.05 bits per heavy atom. The van der Waals surface area contributed by atoms with E-state index in [1.165, 1.54) is 0 Å². The lowest BCUT2D eigenvalue weighted by Crippen LogP contribution is -2.16. The number of benzene rings is 1. The third-order valence-electron chi connectivity index (χ3n) is 2.34. The van der Waals surface area contributed by atoms with Crippen LogP contribution in [0.3, 0.4) is 0 Å². The first-order chi connectivity index (χ1) is 9.37. The van der Waals surface area contributed by atoms with Gasteiger partial charge < -0.3 is 14.3 Å². The lowest BCUT2D eigenvalue weighted by Gasteiger charge is -2.23. The Bertz CT molecular complexity index is 471. The third-order valence-corrected chi connectivity index (χ3v) is 4.61.